The van der Waals surface area contributed by atoms with Gasteiger partial charge in [0.15, 0.2) is 0 Å². The highest BCUT2D eigenvalue weighted by Gasteiger charge is 2.29. The minimum atomic E-state index is -0.150. The monoisotopic (exact) mass is 451 g/mol. The zero-order chi connectivity index (χ0) is 22.5. The molecule has 2 heterocycles. The molecule has 3 aromatic rings. The van der Waals surface area contributed by atoms with Crippen LogP contribution in [0.25, 0.3) is 10.6 Å². The number of carbonyl (C=O) groups is 2. The standard InChI is InChI=1S/C24H25N3O4S/c1-30-20-9-5-3-7-17(20)23-26-19(15-32-23)24(29)27-13-11-16(12-14-27)22(28)25-18-8-4-6-10-21(18)31-2/h3-10,15-16H,11-14H2,1-2H3,(H,25,28). The third-order valence-corrected chi connectivity index (χ3v) is 6.45. The van der Waals surface area contributed by atoms with Crippen LogP contribution in [-0.2, 0) is 4.79 Å². The van der Waals surface area contributed by atoms with Crippen LogP contribution in [0.3, 0.4) is 0 Å². The number of hydrogen-bond donors (Lipinski definition) is 1. The summed E-state index contributed by atoms with van der Waals surface area (Å²) in [4.78, 5) is 32.0. The van der Waals surface area contributed by atoms with E-state index in [1.165, 1.54) is 11.3 Å². The van der Waals surface area contributed by atoms with Gasteiger partial charge >= 0.3 is 0 Å². The van der Waals surface area contributed by atoms with E-state index >= 15 is 0 Å². The van der Waals surface area contributed by atoms with Crippen molar-refractivity contribution >= 4 is 28.8 Å². The predicted molar refractivity (Wildman–Crippen MR) is 124 cm³/mol. The van der Waals surface area contributed by atoms with Crippen molar-refractivity contribution < 1.29 is 19.1 Å². The van der Waals surface area contributed by atoms with Crippen molar-refractivity contribution in [3.8, 4) is 22.1 Å². The molecule has 1 fully saturated rings. The molecule has 0 aliphatic carbocycles. The van der Waals surface area contributed by atoms with E-state index in [1.54, 1.807) is 24.5 Å². The van der Waals surface area contributed by atoms with E-state index in [2.05, 4.69) is 10.3 Å². The van der Waals surface area contributed by atoms with Crippen molar-refractivity contribution in [2.75, 3.05) is 32.6 Å². The fraction of sp³-hybridized carbons (Fsp3) is 0.292. The Bertz CT molecular complexity index is 1110. The van der Waals surface area contributed by atoms with E-state index in [4.69, 9.17) is 9.47 Å². The van der Waals surface area contributed by atoms with Gasteiger partial charge in [0.1, 0.15) is 22.2 Å². The number of thiazole rings is 1. The summed E-state index contributed by atoms with van der Waals surface area (Å²) in [5.41, 5.74) is 1.95. The maximum Gasteiger partial charge on any atom is 0.273 e. The Morgan fingerprint density at radius 3 is 2.38 bits per heavy atom. The zero-order valence-electron chi connectivity index (χ0n) is 18.0. The Labute approximate surface area is 191 Å². The highest BCUT2D eigenvalue weighted by atomic mass is 32.1. The second-order valence-electron chi connectivity index (χ2n) is 7.49. The van der Waals surface area contributed by atoms with Crippen molar-refractivity contribution in [1.29, 1.82) is 0 Å². The number of rotatable bonds is 6. The highest BCUT2D eigenvalue weighted by molar-refractivity contribution is 7.13. The second-order valence-corrected chi connectivity index (χ2v) is 8.35. The van der Waals surface area contributed by atoms with Crippen LogP contribution in [-0.4, -0.2) is 49.0 Å². The Kier molecular flexibility index (Phi) is 6.70. The molecule has 1 aliphatic heterocycles. The lowest BCUT2D eigenvalue weighted by Gasteiger charge is -2.31. The molecule has 8 heteroatoms. The first kappa shape index (κ1) is 21.8. The number of benzene rings is 2. The van der Waals surface area contributed by atoms with Crippen LogP contribution in [0.5, 0.6) is 11.5 Å². The Hall–Kier alpha value is -3.39. The fourth-order valence-electron chi connectivity index (χ4n) is 3.81. The molecule has 0 radical (unpaired) electrons. The molecule has 0 saturated carbocycles. The van der Waals surface area contributed by atoms with Crippen LogP contribution in [0.15, 0.2) is 53.9 Å². The van der Waals surface area contributed by atoms with Gasteiger partial charge in [-0.2, -0.15) is 0 Å². The SMILES string of the molecule is COc1ccccc1NC(=O)C1CCN(C(=O)c2csc(-c3ccccc3OC)n2)CC1. The maximum atomic E-state index is 13.0. The summed E-state index contributed by atoms with van der Waals surface area (Å²) in [6.45, 7) is 1.04. The minimum absolute atomic E-state index is 0.0475. The molecule has 1 N–H and O–H groups in total. The van der Waals surface area contributed by atoms with Gasteiger partial charge in [-0.15, -0.1) is 11.3 Å². The summed E-state index contributed by atoms with van der Waals surface area (Å²) in [6.07, 6.45) is 1.21. The normalized spacial score (nSPS) is 14.1. The molecule has 4 rings (SSSR count). The Balaban J connectivity index is 1.37. The summed E-state index contributed by atoms with van der Waals surface area (Å²) >= 11 is 1.42. The quantitative estimate of drug-likeness (QED) is 0.604. The average molecular weight is 452 g/mol. The zero-order valence-corrected chi connectivity index (χ0v) is 18.9. The van der Waals surface area contributed by atoms with Crippen molar-refractivity contribution in [1.82, 2.24) is 9.88 Å². The van der Waals surface area contributed by atoms with E-state index in [9.17, 15) is 9.59 Å². The summed E-state index contributed by atoms with van der Waals surface area (Å²) in [7, 11) is 3.19. The molecule has 1 aliphatic rings. The van der Waals surface area contributed by atoms with E-state index in [1.807, 2.05) is 48.5 Å². The van der Waals surface area contributed by atoms with E-state index in [0.717, 1.165) is 16.3 Å². The van der Waals surface area contributed by atoms with Crippen molar-refractivity contribution in [3.05, 3.63) is 59.6 Å². The summed E-state index contributed by atoms with van der Waals surface area (Å²) in [5.74, 6) is 1.05. The second kappa shape index (κ2) is 9.82. The molecule has 0 spiro atoms. The lowest BCUT2D eigenvalue weighted by Crippen LogP contribution is -2.41. The maximum absolute atomic E-state index is 13.0. The van der Waals surface area contributed by atoms with Gasteiger partial charge in [0.2, 0.25) is 5.91 Å². The number of likely N-dealkylation sites (tertiary alicyclic amines) is 1. The third kappa shape index (κ3) is 4.60. The van der Waals surface area contributed by atoms with E-state index < -0.39 is 0 Å². The number of methoxy groups -OCH3 is 2. The third-order valence-electron chi connectivity index (χ3n) is 5.58. The molecule has 166 valence electrons. The molecule has 0 atom stereocenters. The molecular weight excluding hydrogens is 426 g/mol. The van der Waals surface area contributed by atoms with Gasteiger partial charge in [0.25, 0.3) is 5.91 Å². The van der Waals surface area contributed by atoms with E-state index in [-0.39, 0.29) is 17.7 Å². The van der Waals surface area contributed by atoms with Gasteiger partial charge in [0, 0.05) is 24.4 Å². The number of piperidine rings is 1. The molecule has 2 amide bonds. The Morgan fingerprint density at radius 1 is 1.00 bits per heavy atom. The lowest BCUT2D eigenvalue weighted by atomic mass is 9.95. The first-order chi connectivity index (χ1) is 15.6. The van der Waals surface area contributed by atoms with Crippen LogP contribution in [0.2, 0.25) is 0 Å². The largest absolute Gasteiger partial charge is 0.496 e. The van der Waals surface area contributed by atoms with Crippen LogP contribution in [0, 0.1) is 5.92 Å². The van der Waals surface area contributed by atoms with Gasteiger partial charge in [-0.25, -0.2) is 4.98 Å². The summed E-state index contributed by atoms with van der Waals surface area (Å²) in [6, 6.07) is 15.0. The topological polar surface area (TPSA) is 80.8 Å². The first-order valence-electron chi connectivity index (χ1n) is 10.4. The Morgan fingerprint density at radius 2 is 1.66 bits per heavy atom. The van der Waals surface area contributed by atoms with Gasteiger partial charge in [-0.3, -0.25) is 9.59 Å². The molecule has 2 aromatic carbocycles. The number of amides is 2. The van der Waals surface area contributed by atoms with Crippen LogP contribution in [0.4, 0.5) is 5.69 Å². The van der Waals surface area contributed by atoms with Crippen molar-refractivity contribution in [2.45, 2.75) is 12.8 Å². The number of hydrogen-bond acceptors (Lipinski definition) is 6. The first-order valence-corrected chi connectivity index (χ1v) is 11.3. The number of anilines is 1. The van der Waals surface area contributed by atoms with Crippen molar-refractivity contribution in [2.24, 2.45) is 5.92 Å². The fourth-order valence-corrected chi connectivity index (χ4v) is 4.63. The van der Waals surface area contributed by atoms with Gasteiger partial charge < -0.3 is 19.7 Å². The van der Waals surface area contributed by atoms with Gasteiger partial charge in [0.05, 0.1) is 25.5 Å². The van der Waals surface area contributed by atoms with Crippen molar-refractivity contribution in [3.63, 3.8) is 0 Å². The molecule has 0 bridgehead atoms. The van der Waals surface area contributed by atoms with Crippen LogP contribution < -0.4 is 14.8 Å². The van der Waals surface area contributed by atoms with E-state index in [0.29, 0.717) is 43.1 Å². The smallest absolute Gasteiger partial charge is 0.273 e. The molecule has 0 unspecified atom stereocenters. The summed E-state index contributed by atoms with van der Waals surface area (Å²) < 4.78 is 10.7. The minimum Gasteiger partial charge on any atom is -0.496 e. The molecular formula is C24H25N3O4S. The molecule has 1 saturated heterocycles. The van der Waals surface area contributed by atoms with Crippen LogP contribution >= 0.6 is 11.3 Å². The molecule has 1 aromatic heterocycles. The lowest BCUT2D eigenvalue weighted by molar-refractivity contribution is -0.121. The highest BCUT2D eigenvalue weighted by Crippen LogP contribution is 2.32. The number of para-hydroxylation sites is 3. The van der Waals surface area contributed by atoms with Gasteiger partial charge in [-0.1, -0.05) is 24.3 Å². The van der Waals surface area contributed by atoms with Gasteiger partial charge in [-0.05, 0) is 37.1 Å². The number of ether oxygens (including phenoxy) is 2. The average Bonchev–Trinajstić information content (AvgIpc) is 3.34. The number of nitrogens with one attached hydrogen (secondary N) is 1. The number of carbonyl (C=O) groups excluding carboxylic acids is 2. The predicted octanol–water partition coefficient (Wildman–Crippen LogP) is 4.32. The number of aromatic nitrogens is 1. The molecule has 7 nitrogen and oxygen atoms in total. The van der Waals surface area contributed by atoms with Crippen LogP contribution in [0.1, 0.15) is 23.3 Å². The number of nitrogens with zero attached hydrogens (tertiary/aromatic N) is 2. The summed E-state index contributed by atoms with van der Waals surface area (Å²) in [5, 5.41) is 5.48. The molecule has 32 heavy (non-hydrogen) atoms.